The number of piperidine rings is 1. The molecule has 1 aromatic rings. The van der Waals surface area contributed by atoms with Crippen LogP contribution >= 0.6 is 0 Å². The van der Waals surface area contributed by atoms with Crippen LogP contribution in [0.4, 0.5) is 5.82 Å². The molecule has 0 amide bonds. The number of aromatic nitrogens is 2. The van der Waals surface area contributed by atoms with Crippen molar-refractivity contribution in [2.24, 2.45) is 7.05 Å². The first kappa shape index (κ1) is 11.5. The summed E-state index contributed by atoms with van der Waals surface area (Å²) in [7, 11) is 3.97. The van der Waals surface area contributed by atoms with Gasteiger partial charge in [0.15, 0.2) is 0 Å². The van der Waals surface area contributed by atoms with Gasteiger partial charge < -0.3 is 5.32 Å². The van der Waals surface area contributed by atoms with Crippen molar-refractivity contribution in [1.29, 1.82) is 0 Å². The lowest BCUT2D eigenvalue weighted by molar-refractivity contribution is 0.221. The van der Waals surface area contributed by atoms with Gasteiger partial charge in [-0.25, -0.2) is 0 Å². The fourth-order valence-corrected chi connectivity index (χ4v) is 2.55. The van der Waals surface area contributed by atoms with Crippen molar-refractivity contribution < 1.29 is 0 Å². The number of likely N-dealkylation sites (tertiary alicyclic amines) is 1. The Labute approximate surface area is 97.6 Å². The second-order valence-corrected chi connectivity index (χ2v) is 4.62. The van der Waals surface area contributed by atoms with Crippen LogP contribution in [0.25, 0.3) is 0 Å². The molecule has 2 heterocycles. The minimum Gasteiger partial charge on any atom is -0.373 e. The van der Waals surface area contributed by atoms with E-state index in [4.69, 9.17) is 0 Å². The molecule has 1 aliphatic heterocycles. The quantitative estimate of drug-likeness (QED) is 0.846. The molecule has 0 saturated carbocycles. The van der Waals surface area contributed by atoms with Crippen molar-refractivity contribution in [3.8, 4) is 0 Å². The summed E-state index contributed by atoms with van der Waals surface area (Å²) in [6.45, 7) is 5.60. The van der Waals surface area contributed by atoms with Crippen LogP contribution < -0.4 is 5.32 Å². The van der Waals surface area contributed by atoms with Crippen molar-refractivity contribution in [1.82, 2.24) is 14.7 Å². The first-order valence-corrected chi connectivity index (χ1v) is 6.15. The Bertz CT molecular complexity index is 350. The maximum absolute atomic E-state index is 4.47. The van der Waals surface area contributed by atoms with Gasteiger partial charge in [0.25, 0.3) is 0 Å². The highest BCUT2D eigenvalue weighted by atomic mass is 15.3. The van der Waals surface area contributed by atoms with Gasteiger partial charge in [-0.2, -0.15) is 5.10 Å². The molecule has 1 saturated heterocycles. The molecule has 0 spiro atoms. The third-order valence-electron chi connectivity index (χ3n) is 3.41. The smallest absolute Gasteiger partial charge is 0.128 e. The molecule has 4 nitrogen and oxygen atoms in total. The molecule has 1 N–H and O–H groups in total. The summed E-state index contributed by atoms with van der Waals surface area (Å²) in [5.74, 6) is 1.16. The van der Waals surface area contributed by atoms with Gasteiger partial charge in [-0.1, -0.05) is 6.42 Å². The predicted octanol–water partition coefficient (Wildman–Crippen LogP) is 1.76. The largest absolute Gasteiger partial charge is 0.373 e. The van der Waals surface area contributed by atoms with Gasteiger partial charge in [0.1, 0.15) is 5.82 Å². The topological polar surface area (TPSA) is 33.1 Å². The predicted molar refractivity (Wildman–Crippen MR) is 66.6 cm³/mol. The second-order valence-electron chi connectivity index (χ2n) is 4.62. The lowest BCUT2D eigenvalue weighted by atomic mass is 10.1. The molecule has 1 aliphatic rings. The van der Waals surface area contributed by atoms with Gasteiger partial charge >= 0.3 is 0 Å². The molecule has 1 aromatic heterocycles. The van der Waals surface area contributed by atoms with Crippen LogP contribution in [0.1, 0.15) is 30.5 Å². The van der Waals surface area contributed by atoms with Crippen LogP contribution in [0.2, 0.25) is 0 Å². The van der Waals surface area contributed by atoms with Crippen LogP contribution in [0.5, 0.6) is 0 Å². The van der Waals surface area contributed by atoms with Crippen molar-refractivity contribution >= 4 is 5.82 Å². The minimum absolute atomic E-state index is 1.04. The number of nitrogens with zero attached hydrogens (tertiary/aromatic N) is 3. The van der Waals surface area contributed by atoms with Gasteiger partial charge in [-0.15, -0.1) is 0 Å². The number of nitrogens with one attached hydrogen (secondary N) is 1. The zero-order valence-corrected chi connectivity index (χ0v) is 10.6. The van der Waals surface area contributed by atoms with E-state index in [1.165, 1.54) is 37.9 Å². The van der Waals surface area contributed by atoms with E-state index in [-0.39, 0.29) is 0 Å². The summed E-state index contributed by atoms with van der Waals surface area (Å²) in [5, 5.41) is 7.72. The zero-order chi connectivity index (χ0) is 11.5. The highest BCUT2D eigenvalue weighted by Gasteiger charge is 2.17. The molecule has 4 heteroatoms. The lowest BCUT2D eigenvalue weighted by Gasteiger charge is -2.26. The van der Waals surface area contributed by atoms with Crippen LogP contribution in [0.15, 0.2) is 0 Å². The lowest BCUT2D eigenvalue weighted by Crippen LogP contribution is -2.29. The van der Waals surface area contributed by atoms with Crippen molar-refractivity contribution in [3.63, 3.8) is 0 Å². The van der Waals surface area contributed by atoms with Gasteiger partial charge in [0.05, 0.1) is 5.69 Å². The average Bonchev–Trinajstić information content (AvgIpc) is 2.55. The summed E-state index contributed by atoms with van der Waals surface area (Å²) in [6, 6.07) is 0. The number of anilines is 1. The molecule has 0 aliphatic carbocycles. The fourth-order valence-electron chi connectivity index (χ4n) is 2.55. The molecule has 0 radical (unpaired) electrons. The third kappa shape index (κ3) is 2.21. The first-order valence-electron chi connectivity index (χ1n) is 6.15. The Balaban J connectivity index is 2.13. The van der Waals surface area contributed by atoms with E-state index >= 15 is 0 Å². The minimum atomic E-state index is 1.04. The van der Waals surface area contributed by atoms with Crippen molar-refractivity contribution in [2.75, 3.05) is 25.5 Å². The van der Waals surface area contributed by atoms with E-state index in [2.05, 4.69) is 22.2 Å². The molecular formula is C12H22N4. The van der Waals surface area contributed by atoms with Gasteiger partial charge in [-0.05, 0) is 32.9 Å². The number of aryl methyl sites for hydroxylation is 2. The molecule has 1 fully saturated rings. The van der Waals surface area contributed by atoms with E-state index in [1.807, 2.05) is 18.8 Å². The van der Waals surface area contributed by atoms with Crippen molar-refractivity contribution in [3.05, 3.63) is 11.3 Å². The van der Waals surface area contributed by atoms with E-state index < -0.39 is 0 Å². The highest BCUT2D eigenvalue weighted by molar-refractivity contribution is 5.46. The molecule has 0 atom stereocenters. The Hall–Kier alpha value is -1.03. The van der Waals surface area contributed by atoms with E-state index in [0.29, 0.717) is 0 Å². The van der Waals surface area contributed by atoms with Crippen LogP contribution in [0, 0.1) is 6.92 Å². The average molecular weight is 222 g/mol. The normalized spacial score (nSPS) is 17.7. The Morgan fingerprint density at radius 1 is 1.25 bits per heavy atom. The standard InChI is InChI=1S/C12H22N4/c1-10-11(12(13-2)15(3)14-10)9-16-7-5-4-6-8-16/h13H,4-9H2,1-3H3. The molecule has 16 heavy (non-hydrogen) atoms. The summed E-state index contributed by atoms with van der Waals surface area (Å²) >= 11 is 0. The zero-order valence-electron chi connectivity index (χ0n) is 10.6. The summed E-state index contributed by atoms with van der Waals surface area (Å²) in [5.41, 5.74) is 2.50. The van der Waals surface area contributed by atoms with Crippen LogP contribution in [-0.2, 0) is 13.6 Å². The molecular weight excluding hydrogens is 200 g/mol. The third-order valence-corrected chi connectivity index (χ3v) is 3.41. The molecule has 90 valence electrons. The molecule has 2 rings (SSSR count). The fraction of sp³-hybridized carbons (Fsp3) is 0.750. The molecule has 0 bridgehead atoms. The number of hydrogen-bond donors (Lipinski definition) is 1. The summed E-state index contributed by atoms with van der Waals surface area (Å²) in [4.78, 5) is 2.54. The highest BCUT2D eigenvalue weighted by Crippen LogP contribution is 2.21. The second kappa shape index (κ2) is 4.87. The monoisotopic (exact) mass is 222 g/mol. The summed E-state index contributed by atoms with van der Waals surface area (Å²) in [6.07, 6.45) is 4.07. The molecule has 0 aromatic carbocycles. The van der Waals surface area contributed by atoms with Crippen LogP contribution in [0.3, 0.4) is 0 Å². The first-order chi connectivity index (χ1) is 7.72. The summed E-state index contributed by atoms with van der Waals surface area (Å²) < 4.78 is 1.94. The van der Waals surface area contributed by atoms with Crippen molar-refractivity contribution in [2.45, 2.75) is 32.7 Å². The van der Waals surface area contributed by atoms with Gasteiger partial charge in [-0.3, -0.25) is 9.58 Å². The van der Waals surface area contributed by atoms with E-state index in [0.717, 1.165) is 18.1 Å². The molecule has 0 unspecified atom stereocenters. The number of hydrogen-bond acceptors (Lipinski definition) is 3. The Kier molecular flexibility index (Phi) is 3.49. The van der Waals surface area contributed by atoms with Gasteiger partial charge in [0, 0.05) is 26.2 Å². The van der Waals surface area contributed by atoms with E-state index in [9.17, 15) is 0 Å². The Morgan fingerprint density at radius 3 is 2.56 bits per heavy atom. The maximum atomic E-state index is 4.47. The number of rotatable bonds is 3. The van der Waals surface area contributed by atoms with Crippen LogP contribution in [-0.4, -0.2) is 34.8 Å². The van der Waals surface area contributed by atoms with E-state index in [1.54, 1.807) is 0 Å². The SMILES string of the molecule is CNc1c(CN2CCCCC2)c(C)nn1C. The van der Waals surface area contributed by atoms with Gasteiger partial charge in [0.2, 0.25) is 0 Å². The Morgan fingerprint density at radius 2 is 1.94 bits per heavy atom. The maximum Gasteiger partial charge on any atom is 0.128 e.